The van der Waals surface area contributed by atoms with Crippen LogP contribution in [-0.4, -0.2) is 22.8 Å². The van der Waals surface area contributed by atoms with Crippen molar-refractivity contribution in [2.75, 3.05) is 6.61 Å². The number of rotatable bonds is 3. The van der Waals surface area contributed by atoms with Crippen LogP contribution in [0.5, 0.6) is 0 Å². The lowest BCUT2D eigenvalue weighted by atomic mass is 9.78. The third-order valence-corrected chi connectivity index (χ3v) is 3.02. The monoisotopic (exact) mass is 222 g/mol. The predicted molar refractivity (Wildman–Crippen MR) is 62.7 cm³/mol. The maximum Gasteiger partial charge on any atom is 0.316 e. The Morgan fingerprint density at radius 2 is 1.69 bits per heavy atom. The van der Waals surface area contributed by atoms with E-state index in [1.165, 1.54) is 0 Å². The zero-order chi connectivity index (χ0) is 12.5. The van der Waals surface area contributed by atoms with Gasteiger partial charge in [-0.15, -0.1) is 0 Å². The van der Waals surface area contributed by atoms with Crippen molar-refractivity contribution >= 4 is 5.97 Å². The van der Waals surface area contributed by atoms with Crippen molar-refractivity contribution < 1.29 is 15.0 Å². The average molecular weight is 222 g/mol. The number of carboxylic acid groups (broad SMARTS) is 1. The molecule has 1 aromatic carbocycles. The molecule has 0 bridgehead atoms. The smallest absolute Gasteiger partial charge is 0.316 e. The van der Waals surface area contributed by atoms with Gasteiger partial charge in [-0.3, -0.25) is 4.79 Å². The van der Waals surface area contributed by atoms with Gasteiger partial charge in [-0.25, -0.2) is 0 Å². The third-order valence-electron chi connectivity index (χ3n) is 3.02. The lowest BCUT2D eigenvalue weighted by Gasteiger charge is -2.27. The second kappa shape index (κ2) is 4.26. The zero-order valence-corrected chi connectivity index (χ0v) is 10.2. The van der Waals surface area contributed by atoms with E-state index in [2.05, 4.69) is 0 Å². The van der Waals surface area contributed by atoms with Crippen LogP contribution in [0.15, 0.2) is 12.1 Å². The molecule has 1 unspecified atom stereocenters. The summed E-state index contributed by atoms with van der Waals surface area (Å²) in [5.41, 5.74) is 2.42. The van der Waals surface area contributed by atoms with Crippen LogP contribution in [0.2, 0.25) is 0 Å². The molecule has 2 N–H and O–H groups in total. The van der Waals surface area contributed by atoms with Crippen LogP contribution in [-0.2, 0) is 10.2 Å². The fourth-order valence-electron chi connectivity index (χ4n) is 2.30. The predicted octanol–water partition coefficient (Wildman–Crippen LogP) is 1.95. The molecule has 16 heavy (non-hydrogen) atoms. The molecule has 0 spiro atoms. The highest BCUT2D eigenvalue weighted by molar-refractivity contribution is 5.82. The summed E-state index contributed by atoms with van der Waals surface area (Å²) in [6.45, 7) is 6.90. The molecular weight excluding hydrogens is 204 g/mol. The van der Waals surface area contributed by atoms with Crippen molar-refractivity contribution in [2.45, 2.75) is 33.1 Å². The maximum absolute atomic E-state index is 11.3. The average Bonchev–Trinajstić information content (AvgIpc) is 2.15. The molecule has 3 nitrogen and oxygen atoms in total. The summed E-state index contributed by atoms with van der Waals surface area (Å²) in [4.78, 5) is 11.3. The van der Waals surface area contributed by atoms with Crippen molar-refractivity contribution in [1.29, 1.82) is 0 Å². The molecule has 0 fully saturated rings. The third kappa shape index (κ3) is 1.95. The Labute approximate surface area is 95.7 Å². The van der Waals surface area contributed by atoms with Gasteiger partial charge in [0.1, 0.15) is 5.41 Å². The van der Waals surface area contributed by atoms with Gasteiger partial charge < -0.3 is 10.2 Å². The Bertz CT molecular complexity index is 400. The largest absolute Gasteiger partial charge is 0.481 e. The first-order chi connectivity index (χ1) is 7.32. The highest BCUT2D eigenvalue weighted by Crippen LogP contribution is 2.30. The van der Waals surface area contributed by atoms with Crippen molar-refractivity contribution in [3.05, 3.63) is 34.4 Å². The fraction of sp³-hybridized carbons (Fsp3) is 0.462. The van der Waals surface area contributed by atoms with Crippen molar-refractivity contribution in [3.63, 3.8) is 0 Å². The molecule has 0 heterocycles. The molecule has 0 aromatic heterocycles. The first-order valence-electron chi connectivity index (χ1n) is 5.25. The van der Waals surface area contributed by atoms with Gasteiger partial charge in [0, 0.05) is 0 Å². The van der Waals surface area contributed by atoms with Crippen LogP contribution in [0, 0.1) is 20.8 Å². The highest BCUT2D eigenvalue weighted by atomic mass is 16.4. The molecule has 1 rings (SSSR count). The number of hydrogen-bond donors (Lipinski definition) is 2. The molecule has 0 aliphatic heterocycles. The van der Waals surface area contributed by atoms with Crippen LogP contribution in [0.1, 0.15) is 29.2 Å². The number of aliphatic hydroxyl groups is 1. The second-order valence-corrected chi connectivity index (χ2v) is 4.57. The quantitative estimate of drug-likeness (QED) is 0.821. The van der Waals surface area contributed by atoms with Gasteiger partial charge in [0.25, 0.3) is 0 Å². The summed E-state index contributed by atoms with van der Waals surface area (Å²) >= 11 is 0. The second-order valence-electron chi connectivity index (χ2n) is 4.57. The normalized spacial score (nSPS) is 14.6. The van der Waals surface area contributed by atoms with E-state index in [0.717, 1.165) is 16.7 Å². The van der Waals surface area contributed by atoms with Gasteiger partial charge in [-0.05, 0) is 44.4 Å². The minimum Gasteiger partial charge on any atom is -0.481 e. The minimum atomic E-state index is -1.22. The molecule has 0 saturated heterocycles. The van der Waals surface area contributed by atoms with Gasteiger partial charge in [-0.2, -0.15) is 0 Å². The van der Waals surface area contributed by atoms with Crippen LogP contribution in [0.4, 0.5) is 0 Å². The number of benzene rings is 1. The molecule has 1 aromatic rings. The molecule has 3 heteroatoms. The summed E-state index contributed by atoms with van der Waals surface area (Å²) in [7, 11) is 0. The lowest BCUT2D eigenvalue weighted by molar-refractivity contribution is -0.144. The van der Waals surface area contributed by atoms with E-state index in [1.807, 2.05) is 32.9 Å². The Morgan fingerprint density at radius 1 is 1.25 bits per heavy atom. The molecule has 0 radical (unpaired) electrons. The first-order valence-corrected chi connectivity index (χ1v) is 5.25. The number of carboxylic acids is 1. The van der Waals surface area contributed by atoms with Crippen LogP contribution >= 0.6 is 0 Å². The first kappa shape index (κ1) is 12.7. The summed E-state index contributed by atoms with van der Waals surface area (Å²) in [5.74, 6) is -0.995. The van der Waals surface area contributed by atoms with E-state index in [4.69, 9.17) is 0 Å². The van der Waals surface area contributed by atoms with Gasteiger partial charge in [0.05, 0.1) is 6.61 Å². The van der Waals surface area contributed by atoms with Gasteiger partial charge in [0.2, 0.25) is 0 Å². The molecule has 0 aliphatic carbocycles. The van der Waals surface area contributed by atoms with E-state index in [0.29, 0.717) is 5.56 Å². The number of aliphatic carboxylic acids is 1. The molecule has 88 valence electrons. The fourth-order valence-corrected chi connectivity index (χ4v) is 2.30. The zero-order valence-electron chi connectivity index (χ0n) is 10.2. The van der Waals surface area contributed by atoms with Gasteiger partial charge in [0.15, 0.2) is 0 Å². The number of aliphatic hydroxyl groups excluding tert-OH is 1. The Kier molecular flexibility index (Phi) is 3.38. The van der Waals surface area contributed by atoms with Gasteiger partial charge >= 0.3 is 5.97 Å². The van der Waals surface area contributed by atoms with Gasteiger partial charge in [-0.1, -0.05) is 17.7 Å². The molecule has 1 atom stereocenters. The summed E-state index contributed by atoms with van der Waals surface area (Å²) in [6, 6.07) is 3.89. The molecule has 0 amide bonds. The molecular formula is C13H18O3. The number of aryl methyl sites for hydroxylation is 3. The van der Waals surface area contributed by atoms with E-state index in [9.17, 15) is 15.0 Å². The maximum atomic E-state index is 11.3. The Balaban J connectivity index is 3.48. The van der Waals surface area contributed by atoms with E-state index >= 15 is 0 Å². The highest BCUT2D eigenvalue weighted by Gasteiger charge is 2.37. The molecule has 0 saturated carbocycles. The summed E-state index contributed by atoms with van der Waals surface area (Å²) < 4.78 is 0. The SMILES string of the molecule is Cc1cc(C)c(C(C)(CO)C(=O)O)c(C)c1. The van der Waals surface area contributed by atoms with Crippen molar-refractivity contribution in [3.8, 4) is 0 Å². The summed E-state index contributed by atoms with van der Waals surface area (Å²) in [5, 5.41) is 18.6. The number of carbonyl (C=O) groups is 1. The van der Waals surface area contributed by atoms with Crippen LogP contribution in [0.25, 0.3) is 0 Å². The minimum absolute atomic E-state index is 0.396. The van der Waals surface area contributed by atoms with E-state index in [1.54, 1.807) is 6.92 Å². The van der Waals surface area contributed by atoms with Crippen molar-refractivity contribution in [1.82, 2.24) is 0 Å². The standard InChI is InChI=1S/C13H18O3/c1-8-5-9(2)11(10(3)6-8)13(4,7-14)12(15)16/h5-6,14H,7H2,1-4H3,(H,15,16). The topological polar surface area (TPSA) is 57.5 Å². The van der Waals surface area contributed by atoms with E-state index in [-0.39, 0.29) is 0 Å². The van der Waals surface area contributed by atoms with Crippen molar-refractivity contribution in [2.24, 2.45) is 0 Å². The summed E-state index contributed by atoms with van der Waals surface area (Å²) in [6.07, 6.45) is 0. The van der Waals surface area contributed by atoms with E-state index < -0.39 is 18.0 Å². The van der Waals surface area contributed by atoms with Crippen LogP contribution in [0.3, 0.4) is 0 Å². The Hall–Kier alpha value is -1.35. The lowest BCUT2D eigenvalue weighted by Crippen LogP contribution is -2.37. The Morgan fingerprint density at radius 3 is 2.00 bits per heavy atom. The molecule has 0 aliphatic rings. The number of hydrogen-bond acceptors (Lipinski definition) is 2. The van der Waals surface area contributed by atoms with Crippen LogP contribution < -0.4 is 0 Å².